The fraction of sp³-hybridized carbons (Fsp3) is 0.318. The quantitative estimate of drug-likeness (QED) is 0.677. The van der Waals surface area contributed by atoms with Gasteiger partial charge in [0.1, 0.15) is 0 Å². The minimum absolute atomic E-state index is 0.0171. The molecule has 8 heteroatoms. The van der Waals surface area contributed by atoms with Crippen LogP contribution >= 0.6 is 0 Å². The average Bonchev–Trinajstić information content (AvgIpc) is 3.19. The molecule has 1 N–H and O–H groups in total. The molecule has 1 saturated heterocycles. The van der Waals surface area contributed by atoms with Gasteiger partial charge in [0.2, 0.25) is 5.95 Å². The minimum Gasteiger partial charge on any atom is -0.349 e. The Bertz CT molecular complexity index is 1140. The summed E-state index contributed by atoms with van der Waals surface area (Å²) in [6.07, 6.45) is 3.41. The molecule has 1 fully saturated rings. The summed E-state index contributed by atoms with van der Waals surface area (Å²) in [5.74, 6) is 0.406. The van der Waals surface area contributed by atoms with Crippen molar-refractivity contribution in [2.45, 2.75) is 30.0 Å². The van der Waals surface area contributed by atoms with Crippen molar-refractivity contribution in [3.63, 3.8) is 0 Å². The molecule has 7 nitrogen and oxygen atoms in total. The van der Waals surface area contributed by atoms with Crippen molar-refractivity contribution >= 4 is 15.8 Å². The molecule has 0 amide bonds. The van der Waals surface area contributed by atoms with Crippen LogP contribution in [-0.2, 0) is 28.7 Å². The molecule has 5 rings (SSSR count). The molecule has 0 spiro atoms. The Hall–Kier alpha value is -2.84. The molecule has 2 atom stereocenters. The number of rotatable bonds is 5. The molecule has 154 valence electrons. The Kier molecular flexibility index (Phi) is 4.96. The highest BCUT2D eigenvalue weighted by atomic mass is 32.2. The van der Waals surface area contributed by atoms with Gasteiger partial charge in [0.05, 0.1) is 28.9 Å². The van der Waals surface area contributed by atoms with Crippen molar-refractivity contribution in [3.05, 3.63) is 83.4 Å². The third-order valence-corrected chi connectivity index (χ3v) is 7.93. The lowest BCUT2D eigenvalue weighted by atomic mass is 10.00. The fourth-order valence-electron chi connectivity index (χ4n) is 4.38. The number of aromatic nitrogens is 3. The van der Waals surface area contributed by atoms with Crippen LogP contribution in [0, 0.1) is 0 Å². The second-order valence-electron chi connectivity index (χ2n) is 7.91. The van der Waals surface area contributed by atoms with Crippen LogP contribution in [-0.4, -0.2) is 46.6 Å². The van der Waals surface area contributed by atoms with Crippen molar-refractivity contribution in [1.82, 2.24) is 19.9 Å². The van der Waals surface area contributed by atoms with Crippen LogP contribution < -0.4 is 5.32 Å². The summed E-state index contributed by atoms with van der Waals surface area (Å²) < 4.78 is 25.8. The van der Waals surface area contributed by atoms with Crippen LogP contribution in [0.2, 0.25) is 0 Å². The third-order valence-electron chi connectivity index (χ3n) is 5.81. The van der Waals surface area contributed by atoms with E-state index in [1.165, 1.54) is 5.56 Å². The molecule has 4 heterocycles. The molecule has 0 aliphatic carbocycles. The van der Waals surface area contributed by atoms with Gasteiger partial charge < -0.3 is 5.32 Å². The van der Waals surface area contributed by atoms with E-state index in [1.807, 2.05) is 36.4 Å². The van der Waals surface area contributed by atoms with Crippen LogP contribution in [0.15, 0.2) is 60.9 Å². The van der Waals surface area contributed by atoms with Gasteiger partial charge in [0.25, 0.3) is 0 Å². The Morgan fingerprint density at radius 1 is 1.03 bits per heavy atom. The Morgan fingerprint density at radius 2 is 1.87 bits per heavy atom. The molecule has 0 unspecified atom stereocenters. The van der Waals surface area contributed by atoms with Gasteiger partial charge in [0, 0.05) is 43.5 Å². The standard InChI is InChI=1S/C22H23N5O2S/c28-30(29)15-17-10-24-22(25-11-18-8-4-5-9-23-18)26-21(17)19-13-27(14-20(19)30)12-16-6-2-1-3-7-16/h1-10,19-20H,11-15H2,(H,24,25,26)/t19-,20+/m1/s1. The van der Waals surface area contributed by atoms with E-state index in [9.17, 15) is 8.42 Å². The van der Waals surface area contributed by atoms with E-state index in [2.05, 4.69) is 32.3 Å². The van der Waals surface area contributed by atoms with E-state index in [4.69, 9.17) is 4.98 Å². The van der Waals surface area contributed by atoms with Gasteiger partial charge in [-0.05, 0) is 17.7 Å². The number of nitrogens with one attached hydrogen (secondary N) is 1. The lowest BCUT2D eigenvalue weighted by Crippen LogP contribution is -2.35. The molecule has 0 bridgehead atoms. The van der Waals surface area contributed by atoms with Gasteiger partial charge >= 0.3 is 0 Å². The predicted molar refractivity (Wildman–Crippen MR) is 114 cm³/mol. The summed E-state index contributed by atoms with van der Waals surface area (Å²) in [6, 6.07) is 15.9. The molecule has 3 aromatic rings. The smallest absolute Gasteiger partial charge is 0.223 e. The molecule has 30 heavy (non-hydrogen) atoms. The number of hydrogen-bond donors (Lipinski definition) is 1. The molecule has 0 radical (unpaired) electrons. The fourth-order valence-corrected chi connectivity index (χ4v) is 6.41. The van der Waals surface area contributed by atoms with E-state index in [0.717, 1.165) is 23.5 Å². The molecule has 2 aliphatic rings. The number of anilines is 1. The van der Waals surface area contributed by atoms with E-state index < -0.39 is 15.1 Å². The second kappa shape index (κ2) is 7.77. The molecule has 2 aromatic heterocycles. The first-order valence-corrected chi connectivity index (χ1v) is 11.8. The minimum atomic E-state index is -3.22. The highest BCUT2D eigenvalue weighted by Gasteiger charge is 2.47. The summed E-state index contributed by atoms with van der Waals surface area (Å²) >= 11 is 0. The maximum Gasteiger partial charge on any atom is 0.223 e. The zero-order valence-corrected chi connectivity index (χ0v) is 17.3. The number of pyridine rings is 1. The Balaban J connectivity index is 1.38. The Morgan fingerprint density at radius 3 is 2.67 bits per heavy atom. The van der Waals surface area contributed by atoms with Gasteiger partial charge in [-0.25, -0.2) is 18.4 Å². The van der Waals surface area contributed by atoms with E-state index in [-0.39, 0.29) is 11.7 Å². The SMILES string of the molecule is O=S1(=O)Cc2cnc(NCc3ccccn3)nc2[C@@H]2CN(Cc3ccccc3)C[C@@H]21. The molecule has 0 saturated carbocycles. The van der Waals surface area contributed by atoms with Crippen molar-refractivity contribution in [3.8, 4) is 0 Å². The first-order valence-electron chi connectivity index (χ1n) is 10.1. The monoisotopic (exact) mass is 421 g/mol. The van der Waals surface area contributed by atoms with Crippen LogP contribution in [0.1, 0.15) is 28.4 Å². The first kappa shape index (κ1) is 19.1. The highest BCUT2D eigenvalue weighted by Crippen LogP contribution is 2.39. The summed E-state index contributed by atoms with van der Waals surface area (Å²) in [7, 11) is -3.22. The van der Waals surface area contributed by atoms with Crippen molar-refractivity contribution in [2.24, 2.45) is 0 Å². The van der Waals surface area contributed by atoms with E-state index >= 15 is 0 Å². The van der Waals surface area contributed by atoms with Gasteiger partial charge in [-0.2, -0.15) is 0 Å². The number of fused-ring (bicyclic) bond motifs is 3. The molecule has 1 aromatic carbocycles. The van der Waals surface area contributed by atoms with Crippen LogP contribution in [0.3, 0.4) is 0 Å². The van der Waals surface area contributed by atoms with E-state index in [0.29, 0.717) is 25.6 Å². The molecular weight excluding hydrogens is 398 g/mol. The summed E-state index contributed by atoms with van der Waals surface area (Å²) in [6.45, 7) is 2.49. The maximum absolute atomic E-state index is 12.9. The van der Waals surface area contributed by atoms with Crippen LogP contribution in [0.4, 0.5) is 5.95 Å². The van der Waals surface area contributed by atoms with Crippen LogP contribution in [0.5, 0.6) is 0 Å². The summed E-state index contributed by atoms with van der Waals surface area (Å²) in [4.78, 5) is 15.6. The average molecular weight is 422 g/mol. The van der Waals surface area contributed by atoms with Gasteiger partial charge in [-0.3, -0.25) is 9.88 Å². The maximum atomic E-state index is 12.9. The first-order chi connectivity index (χ1) is 14.6. The van der Waals surface area contributed by atoms with Gasteiger partial charge in [-0.1, -0.05) is 36.4 Å². The molecule has 2 aliphatic heterocycles. The van der Waals surface area contributed by atoms with Crippen molar-refractivity contribution in [2.75, 3.05) is 18.4 Å². The predicted octanol–water partition coefficient (Wildman–Crippen LogP) is 2.38. The van der Waals surface area contributed by atoms with E-state index in [1.54, 1.807) is 12.4 Å². The number of benzene rings is 1. The topological polar surface area (TPSA) is 88.1 Å². The third kappa shape index (κ3) is 3.80. The zero-order valence-electron chi connectivity index (χ0n) is 16.5. The molecular formula is C22H23N5O2S. The van der Waals surface area contributed by atoms with Crippen molar-refractivity contribution in [1.29, 1.82) is 0 Å². The lowest BCUT2D eigenvalue weighted by Gasteiger charge is -2.26. The Labute approximate surface area is 176 Å². The normalized spacial score (nSPS) is 22.3. The number of likely N-dealkylation sites (tertiary alicyclic amines) is 1. The zero-order chi connectivity index (χ0) is 20.6. The van der Waals surface area contributed by atoms with Gasteiger partial charge in [-0.15, -0.1) is 0 Å². The number of sulfone groups is 1. The number of hydrogen-bond acceptors (Lipinski definition) is 7. The largest absolute Gasteiger partial charge is 0.349 e. The second-order valence-corrected chi connectivity index (χ2v) is 10.1. The summed E-state index contributed by atoms with van der Waals surface area (Å²) in [5, 5.41) is 2.80. The van der Waals surface area contributed by atoms with Crippen molar-refractivity contribution < 1.29 is 8.42 Å². The number of nitrogens with zero attached hydrogens (tertiary/aromatic N) is 4. The highest BCUT2D eigenvalue weighted by molar-refractivity contribution is 7.91. The van der Waals surface area contributed by atoms with Crippen LogP contribution in [0.25, 0.3) is 0 Å². The van der Waals surface area contributed by atoms with Gasteiger partial charge in [0.15, 0.2) is 9.84 Å². The summed E-state index contributed by atoms with van der Waals surface area (Å²) in [5.41, 5.74) is 3.67. The lowest BCUT2D eigenvalue weighted by molar-refractivity contribution is 0.326.